The molecule has 9 nitrogen and oxygen atoms in total. The second kappa shape index (κ2) is 10.3. The Kier molecular flexibility index (Phi) is 6.48. The summed E-state index contributed by atoms with van der Waals surface area (Å²) in [6, 6.07) is 13.6. The summed E-state index contributed by atoms with van der Waals surface area (Å²) in [5.74, 6) is 0.592. The lowest BCUT2D eigenvalue weighted by atomic mass is 9.98. The number of nitrogens with one attached hydrogen (secondary N) is 2. The van der Waals surface area contributed by atoms with Crippen LogP contribution < -0.4 is 21.1 Å². The molecule has 0 saturated heterocycles. The van der Waals surface area contributed by atoms with Crippen LogP contribution in [0.25, 0.3) is 11.1 Å². The van der Waals surface area contributed by atoms with E-state index in [1.807, 2.05) is 30.3 Å². The maximum atomic E-state index is 13.8. The molecule has 41 heavy (non-hydrogen) atoms. The normalized spacial score (nSPS) is 16.2. The van der Waals surface area contributed by atoms with Gasteiger partial charge in [-0.15, -0.1) is 0 Å². The molecule has 0 spiro atoms. The van der Waals surface area contributed by atoms with Crippen LogP contribution in [0.3, 0.4) is 0 Å². The first-order valence-corrected chi connectivity index (χ1v) is 14.5. The van der Waals surface area contributed by atoms with Gasteiger partial charge < -0.3 is 29.8 Å². The quantitative estimate of drug-likeness (QED) is 0.350. The van der Waals surface area contributed by atoms with Crippen molar-refractivity contribution < 1.29 is 9.90 Å². The van der Waals surface area contributed by atoms with E-state index in [-0.39, 0.29) is 18.1 Å². The van der Waals surface area contributed by atoms with Crippen molar-refractivity contribution in [2.24, 2.45) is 7.05 Å². The van der Waals surface area contributed by atoms with Crippen LogP contribution in [-0.4, -0.2) is 38.2 Å². The molecule has 0 atom stereocenters. The average molecular weight is 551 g/mol. The van der Waals surface area contributed by atoms with E-state index < -0.39 is 0 Å². The second-order valence-corrected chi connectivity index (χ2v) is 11.2. The van der Waals surface area contributed by atoms with Crippen LogP contribution in [-0.2, 0) is 46.0 Å². The number of aryl methyl sites for hydroxylation is 2. The van der Waals surface area contributed by atoms with E-state index in [1.165, 1.54) is 34.2 Å². The third kappa shape index (κ3) is 4.45. The fraction of sp³-hybridized carbons (Fsp3) is 0.344. The lowest BCUT2D eigenvalue weighted by Crippen LogP contribution is -2.41. The molecule has 0 radical (unpaired) electrons. The van der Waals surface area contributed by atoms with Crippen molar-refractivity contribution in [3.8, 4) is 11.1 Å². The summed E-state index contributed by atoms with van der Waals surface area (Å²) < 4.78 is 3.74. The Morgan fingerprint density at radius 2 is 1.90 bits per heavy atom. The van der Waals surface area contributed by atoms with Crippen molar-refractivity contribution in [1.82, 2.24) is 19.4 Å². The molecule has 0 saturated carbocycles. The first-order valence-electron chi connectivity index (χ1n) is 14.5. The van der Waals surface area contributed by atoms with Crippen LogP contribution >= 0.6 is 0 Å². The maximum Gasteiger partial charge on any atom is 0.274 e. The number of carbonyl (C=O) groups excluding carboxylic acids is 1. The van der Waals surface area contributed by atoms with E-state index in [2.05, 4.69) is 21.3 Å². The van der Waals surface area contributed by atoms with Crippen molar-refractivity contribution in [2.75, 3.05) is 23.3 Å². The molecule has 4 aromatic rings. The standard InChI is InChI=1S/C32H34N6O3/c1-36-18-22(15-26(31(36)40)35-30-10-9-21-17-33-12-11-25(21)34-30)23-6-4-8-28(24(23)19-39)38-14-13-37-27-7-3-2-5-20(27)16-29(37)32(38)41/h4,6,8-10,15-16,18,33,39H,2-3,5,7,11-14,17,19H2,1H3,(H,34,35). The van der Waals surface area contributed by atoms with Crippen molar-refractivity contribution in [3.63, 3.8) is 0 Å². The Labute approximate surface area is 238 Å². The number of amides is 1. The lowest BCUT2D eigenvalue weighted by molar-refractivity contribution is 0.0964. The van der Waals surface area contributed by atoms with Crippen LogP contribution in [0.2, 0.25) is 0 Å². The fourth-order valence-corrected chi connectivity index (χ4v) is 6.62. The Balaban J connectivity index is 1.24. The Morgan fingerprint density at radius 1 is 1.02 bits per heavy atom. The summed E-state index contributed by atoms with van der Waals surface area (Å²) in [5.41, 5.74) is 8.70. The van der Waals surface area contributed by atoms with Gasteiger partial charge in [0.25, 0.3) is 11.5 Å². The van der Waals surface area contributed by atoms with Gasteiger partial charge in [-0.2, -0.15) is 0 Å². The summed E-state index contributed by atoms with van der Waals surface area (Å²) >= 11 is 0. The highest BCUT2D eigenvalue weighted by molar-refractivity contribution is 6.07. The molecule has 0 bridgehead atoms. The van der Waals surface area contributed by atoms with Crippen LogP contribution in [0.1, 0.15) is 51.4 Å². The number of nitrogens with zero attached hydrogens (tertiary/aromatic N) is 4. The molecule has 1 aromatic carbocycles. The summed E-state index contributed by atoms with van der Waals surface area (Å²) in [5, 5.41) is 17.2. The highest BCUT2D eigenvalue weighted by Gasteiger charge is 2.31. The van der Waals surface area contributed by atoms with E-state index in [4.69, 9.17) is 4.98 Å². The lowest BCUT2D eigenvalue weighted by Gasteiger charge is -2.31. The third-order valence-corrected chi connectivity index (χ3v) is 8.70. The van der Waals surface area contributed by atoms with Gasteiger partial charge in [-0.25, -0.2) is 4.98 Å². The van der Waals surface area contributed by atoms with Gasteiger partial charge in [-0.3, -0.25) is 9.59 Å². The van der Waals surface area contributed by atoms with E-state index >= 15 is 0 Å². The second-order valence-electron chi connectivity index (χ2n) is 11.2. The van der Waals surface area contributed by atoms with Crippen LogP contribution in [0.4, 0.5) is 17.2 Å². The Morgan fingerprint density at radius 3 is 2.78 bits per heavy atom. The number of aliphatic hydroxyl groups excluding tert-OH is 1. The predicted molar refractivity (Wildman–Crippen MR) is 159 cm³/mol. The van der Waals surface area contributed by atoms with Gasteiger partial charge in [-0.1, -0.05) is 18.2 Å². The molecular weight excluding hydrogens is 516 g/mol. The number of rotatable bonds is 5. The zero-order valence-corrected chi connectivity index (χ0v) is 23.2. The maximum absolute atomic E-state index is 13.8. The summed E-state index contributed by atoms with van der Waals surface area (Å²) in [4.78, 5) is 33.4. The average Bonchev–Trinajstić information content (AvgIpc) is 3.39. The van der Waals surface area contributed by atoms with Crippen LogP contribution in [0, 0.1) is 0 Å². The molecule has 2 aliphatic heterocycles. The Hall–Kier alpha value is -4.21. The SMILES string of the molecule is Cn1cc(-c2cccc(N3CCn4c(cc5c4CCCC5)C3=O)c2CO)cc(Nc2ccc3c(n2)CCNC3)c1=O. The smallest absolute Gasteiger partial charge is 0.274 e. The van der Waals surface area contributed by atoms with Gasteiger partial charge in [0.1, 0.15) is 17.2 Å². The monoisotopic (exact) mass is 550 g/mol. The summed E-state index contributed by atoms with van der Waals surface area (Å²) in [6.07, 6.45) is 7.01. The number of aliphatic hydroxyl groups is 1. The van der Waals surface area contributed by atoms with Crippen molar-refractivity contribution in [3.05, 3.63) is 92.8 Å². The number of aromatic nitrogens is 3. The minimum atomic E-state index is -0.237. The van der Waals surface area contributed by atoms with Crippen LogP contribution in [0.15, 0.2) is 53.5 Å². The Bertz CT molecular complexity index is 1740. The number of hydrogen-bond acceptors (Lipinski definition) is 6. The van der Waals surface area contributed by atoms with Gasteiger partial charge in [0, 0.05) is 68.4 Å². The van der Waals surface area contributed by atoms with Crippen molar-refractivity contribution in [1.29, 1.82) is 0 Å². The molecule has 1 aliphatic carbocycles. The number of hydrogen-bond donors (Lipinski definition) is 3. The van der Waals surface area contributed by atoms with Gasteiger partial charge in [0.05, 0.1) is 12.3 Å². The molecule has 7 rings (SSSR count). The molecule has 1 amide bonds. The molecule has 5 heterocycles. The summed E-state index contributed by atoms with van der Waals surface area (Å²) in [7, 11) is 1.72. The minimum Gasteiger partial charge on any atom is -0.392 e. The topological polar surface area (TPSA) is 104 Å². The molecule has 3 N–H and O–H groups in total. The minimum absolute atomic E-state index is 0.0333. The molecular formula is C32H34N6O3. The molecule has 0 fully saturated rings. The zero-order chi connectivity index (χ0) is 28.1. The fourth-order valence-electron chi connectivity index (χ4n) is 6.62. The zero-order valence-electron chi connectivity index (χ0n) is 23.2. The van der Waals surface area contributed by atoms with E-state index in [1.54, 1.807) is 24.2 Å². The third-order valence-electron chi connectivity index (χ3n) is 8.70. The van der Waals surface area contributed by atoms with E-state index in [0.29, 0.717) is 29.3 Å². The molecule has 0 unspecified atom stereocenters. The first kappa shape index (κ1) is 25.7. The number of anilines is 3. The van der Waals surface area contributed by atoms with E-state index in [9.17, 15) is 14.7 Å². The van der Waals surface area contributed by atoms with Gasteiger partial charge in [0.15, 0.2) is 0 Å². The largest absolute Gasteiger partial charge is 0.392 e. The van der Waals surface area contributed by atoms with Crippen molar-refractivity contribution in [2.45, 2.75) is 51.8 Å². The van der Waals surface area contributed by atoms with Crippen molar-refractivity contribution >= 4 is 23.1 Å². The highest BCUT2D eigenvalue weighted by Crippen LogP contribution is 2.36. The summed E-state index contributed by atoms with van der Waals surface area (Å²) in [6.45, 7) is 2.73. The molecule has 9 heteroatoms. The molecule has 3 aliphatic rings. The van der Waals surface area contributed by atoms with Gasteiger partial charge >= 0.3 is 0 Å². The predicted octanol–water partition coefficient (Wildman–Crippen LogP) is 3.67. The first-order chi connectivity index (χ1) is 20.0. The van der Waals surface area contributed by atoms with Gasteiger partial charge in [0.2, 0.25) is 0 Å². The number of pyridine rings is 2. The molecule has 210 valence electrons. The van der Waals surface area contributed by atoms with Gasteiger partial charge in [-0.05, 0) is 66.6 Å². The number of benzene rings is 1. The van der Waals surface area contributed by atoms with E-state index in [0.717, 1.165) is 61.4 Å². The highest BCUT2D eigenvalue weighted by atomic mass is 16.3. The number of fused-ring (bicyclic) bond motifs is 4. The number of carbonyl (C=O) groups is 1. The molecule has 3 aromatic heterocycles. The van der Waals surface area contributed by atoms with Crippen LogP contribution in [0.5, 0.6) is 0 Å².